The first kappa shape index (κ1) is 15.0. The Bertz CT molecular complexity index is 768. The highest BCUT2D eigenvalue weighted by atomic mass is 32.1. The first-order chi connectivity index (χ1) is 11.2. The standard InChI is InChI=1S/C16H21N5OS/c1-11-17-18-15(23-11)10-20-7-3-5-13(20)9-21-16(22)8-12-4-2-6-14(12)19-21/h8,13H,2-7,9-10H2,1H3. The van der Waals surface area contributed by atoms with Crippen molar-refractivity contribution in [2.75, 3.05) is 6.54 Å². The fourth-order valence-electron chi connectivity index (χ4n) is 3.66. The molecule has 1 saturated heterocycles. The zero-order chi connectivity index (χ0) is 15.8. The van der Waals surface area contributed by atoms with Gasteiger partial charge in [0.05, 0.1) is 18.8 Å². The van der Waals surface area contributed by atoms with E-state index in [1.165, 1.54) is 6.42 Å². The van der Waals surface area contributed by atoms with E-state index in [1.807, 2.05) is 6.92 Å². The van der Waals surface area contributed by atoms with Gasteiger partial charge in [0.15, 0.2) is 0 Å². The highest BCUT2D eigenvalue weighted by Crippen LogP contribution is 2.23. The van der Waals surface area contributed by atoms with Crippen molar-refractivity contribution in [3.63, 3.8) is 0 Å². The Morgan fingerprint density at radius 2 is 2.22 bits per heavy atom. The second-order valence-corrected chi connectivity index (χ2v) is 7.74. The zero-order valence-corrected chi connectivity index (χ0v) is 14.2. The van der Waals surface area contributed by atoms with Crippen molar-refractivity contribution in [2.24, 2.45) is 0 Å². The molecule has 2 aromatic rings. The van der Waals surface area contributed by atoms with Crippen LogP contribution in [0.2, 0.25) is 0 Å². The van der Waals surface area contributed by atoms with Gasteiger partial charge in [0.1, 0.15) is 10.0 Å². The van der Waals surface area contributed by atoms with Gasteiger partial charge in [-0.1, -0.05) is 0 Å². The molecule has 1 fully saturated rings. The molecule has 6 nitrogen and oxygen atoms in total. The largest absolute Gasteiger partial charge is 0.292 e. The SMILES string of the molecule is Cc1nnc(CN2CCCC2Cn2nc3c(cc2=O)CCC3)s1. The third kappa shape index (κ3) is 3.07. The van der Waals surface area contributed by atoms with E-state index in [4.69, 9.17) is 0 Å². The van der Waals surface area contributed by atoms with E-state index in [0.717, 1.165) is 60.0 Å². The molecule has 0 amide bonds. The molecular formula is C16H21N5OS. The van der Waals surface area contributed by atoms with Gasteiger partial charge >= 0.3 is 0 Å². The Labute approximate surface area is 139 Å². The van der Waals surface area contributed by atoms with Crippen molar-refractivity contribution in [1.82, 2.24) is 24.9 Å². The van der Waals surface area contributed by atoms with Gasteiger partial charge in [-0.05, 0) is 51.1 Å². The minimum atomic E-state index is 0.0456. The molecule has 7 heteroatoms. The third-order valence-electron chi connectivity index (χ3n) is 4.81. The number of hydrogen-bond donors (Lipinski definition) is 0. The summed E-state index contributed by atoms with van der Waals surface area (Å²) in [6, 6.07) is 2.16. The van der Waals surface area contributed by atoms with Crippen LogP contribution in [0.1, 0.15) is 40.5 Å². The maximum atomic E-state index is 12.3. The Balaban J connectivity index is 1.50. The molecule has 0 saturated carbocycles. The Morgan fingerprint density at radius 3 is 3.04 bits per heavy atom. The molecule has 0 radical (unpaired) electrons. The van der Waals surface area contributed by atoms with Crippen LogP contribution in [0.25, 0.3) is 0 Å². The van der Waals surface area contributed by atoms with Gasteiger partial charge in [-0.15, -0.1) is 21.5 Å². The normalized spacial score (nSPS) is 21.0. The van der Waals surface area contributed by atoms with Crippen LogP contribution in [-0.4, -0.2) is 37.5 Å². The Kier molecular flexibility index (Phi) is 3.98. The summed E-state index contributed by atoms with van der Waals surface area (Å²) >= 11 is 1.65. The van der Waals surface area contributed by atoms with Crippen LogP contribution < -0.4 is 5.56 Å². The smallest absolute Gasteiger partial charge is 0.267 e. The first-order valence-electron chi connectivity index (χ1n) is 8.32. The van der Waals surface area contributed by atoms with Crippen LogP contribution in [0.5, 0.6) is 0 Å². The summed E-state index contributed by atoms with van der Waals surface area (Å²) in [4.78, 5) is 14.7. The van der Waals surface area contributed by atoms with Crippen LogP contribution in [-0.2, 0) is 25.9 Å². The van der Waals surface area contributed by atoms with Crippen molar-refractivity contribution < 1.29 is 0 Å². The molecule has 0 aromatic carbocycles. The average Bonchev–Trinajstić information content (AvgIpc) is 3.23. The Hall–Kier alpha value is -1.60. The molecule has 1 aliphatic carbocycles. The van der Waals surface area contributed by atoms with Crippen molar-refractivity contribution in [1.29, 1.82) is 0 Å². The molecule has 3 heterocycles. The van der Waals surface area contributed by atoms with Crippen molar-refractivity contribution in [3.8, 4) is 0 Å². The van der Waals surface area contributed by atoms with E-state index in [2.05, 4.69) is 20.2 Å². The number of hydrogen-bond acceptors (Lipinski definition) is 6. The van der Waals surface area contributed by atoms with Crippen molar-refractivity contribution in [2.45, 2.75) is 58.2 Å². The number of nitrogens with zero attached hydrogens (tertiary/aromatic N) is 5. The fourth-order valence-corrected chi connectivity index (χ4v) is 4.39. The van der Waals surface area contributed by atoms with Crippen molar-refractivity contribution >= 4 is 11.3 Å². The lowest BCUT2D eigenvalue weighted by Gasteiger charge is -2.23. The van der Waals surface area contributed by atoms with E-state index in [1.54, 1.807) is 22.1 Å². The van der Waals surface area contributed by atoms with E-state index >= 15 is 0 Å². The minimum absolute atomic E-state index is 0.0456. The van der Waals surface area contributed by atoms with E-state index < -0.39 is 0 Å². The van der Waals surface area contributed by atoms with Crippen LogP contribution >= 0.6 is 11.3 Å². The van der Waals surface area contributed by atoms with Crippen LogP contribution in [0.3, 0.4) is 0 Å². The topological polar surface area (TPSA) is 63.9 Å². The van der Waals surface area contributed by atoms with Crippen LogP contribution in [0.15, 0.2) is 10.9 Å². The minimum Gasteiger partial charge on any atom is -0.292 e. The summed E-state index contributed by atoms with van der Waals surface area (Å²) in [5, 5.41) is 15.0. The van der Waals surface area contributed by atoms with Gasteiger partial charge in [0.25, 0.3) is 5.56 Å². The van der Waals surface area contributed by atoms with Crippen LogP contribution in [0, 0.1) is 6.92 Å². The molecule has 23 heavy (non-hydrogen) atoms. The van der Waals surface area contributed by atoms with Gasteiger partial charge in [0.2, 0.25) is 0 Å². The molecule has 1 aliphatic heterocycles. The summed E-state index contributed by atoms with van der Waals surface area (Å²) in [5.41, 5.74) is 2.32. The molecule has 0 spiro atoms. The third-order valence-corrected chi connectivity index (χ3v) is 5.64. The lowest BCUT2D eigenvalue weighted by atomic mass is 10.2. The highest BCUT2D eigenvalue weighted by Gasteiger charge is 2.27. The predicted molar refractivity (Wildman–Crippen MR) is 88.6 cm³/mol. The van der Waals surface area contributed by atoms with Gasteiger partial charge in [-0.2, -0.15) is 5.10 Å². The molecule has 4 rings (SSSR count). The summed E-state index contributed by atoms with van der Waals surface area (Å²) in [6.45, 7) is 4.55. The number of fused-ring (bicyclic) bond motifs is 1. The molecule has 0 bridgehead atoms. The number of aryl methyl sites for hydroxylation is 3. The maximum Gasteiger partial charge on any atom is 0.267 e. The predicted octanol–water partition coefficient (Wildman–Crippen LogP) is 1.56. The van der Waals surface area contributed by atoms with Crippen molar-refractivity contribution in [3.05, 3.63) is 37.7 Å². The van der Waals surface area contributed by atoms with Gasteiger partial charge in [0, 0.05) is 12.1 Å². The summed E-state index contributed by atoms with van der Waals surface area (Å²) in [5.74, 6) is 0. The molecular weight excluding hydrogens is 310 g/mol. The van der Waals surface area contributed by atoms with Gasteiger partial charge in [-0.3, -0.25) is 9.69 Å². The lowest BCUT2D eigenvalue weighted by molar-refractivity contribution is 0.215. The Morgan fingerprint density at radius 1 is 1.30 bits per heavy atom. The van der Waals surface area contributed by atoms with Gasteiger partial charge in [-0.25, -0.2) is 4.68 Å². The van der Waals surface area contributed by atoms with E-state index in [9.17, 15) is 4.79 Å². The monoisotopic (exact) mass is 331 g/mol. The van der Waals surface area contributed by atoms with Crippen LogP contribution in [0.4, 0.5) is 0 Å². The molecule has 122 valence electrons. The maximum absolute atomic E-state index is 12.3. The molecule has 1 atom stereocenters. The van der Waals surface area contributed by atoms with Gasteiger partial charge < -0.3 is 0 Å². The average molecular weight is 331 g/mol. The van der Waals surface area contributed by atoms with E-state index in [0.29, 0.717) is 12.6 Å². The molecule has 0 N–H and O–H groups in total. The molecule has 2 aliphatic rings. The number of aromatic nitrogens is 4. The quantitative estimate of drug-likeness (QED) is 0.851. The second-order valence-electron chi connectivity index (χ2n) is 6.47. The summed E-state index contributed by atoms with van der Waals surface area (Å²) < 4.78 is 1.68. The summed E-state index contributed by atoms with van der Waals surface area (Å²) in [6.07, 6.45) is 5.42. The van der Waals surface area contributed by atoms with E-state index in [-0.39, 0.29) is 5.56 Å². The second kappa shape index (κ2) is 6.13. The summed E-state index contributed by atoms with van der Waals surface area (Å²) in [7, 11) is 0. The fraction of sp³-hybridized carbons (Fsp3) is 0.625. The molecule has 1 unspecified atom stereocenters. The molecule has 2 aromatic heterocycles. The number of rotatable bonds is 4. The number of likely N-dealkylation sites (tertiary alicyclic amines) is 1. The lowest BCUT2D eigenvalue weighted by Crippen LogP contribution is -2.37. The highest BCUT2D eigenvalue weighted by molar-refractivity contribution is 7.11. The first-order valence-corrected chi connectivity index (χ1v) is 9.13. The zero-order valence-electron chi connectivity index (χ0n) is 13.4.